The molecule has 0 fully saturated rings. The summed E-state index contributed by atoms with van der Waals surface area (Å²) in [7, 11) is 0. The summed E-state index contributed by atoms with van der Waals surface area (Å²) >= 11 is 6.91. The summed E-state index contributed by atoms with van der Waals surface area (Å²) in [4.78, 5) is 7.82. The molecule has 5 nitrogen and oxygen atoms in total. The van der Waals surface area contributed by atoms with Crippen molar-refractivity contribution in [3.05, 3.63) is 26.6 Å². The lowest BCUT2D eigenvalue weighted by atomic mass is 10.0. The molecule has 1 aromatic carbocycles. The van der Waals surface area contributed by atoms with Gasteiger partial charge < -0.3 is 17.2 Å². The van der Waals surface area contributed by atoms with Crippen molar-refractivity contribution in [1.29, 1.82) is 0 Å². The minimum Gasteiger partial charge on any atom is -0.370 e. The first-order valence-corrected chi connectivity index (χ1v) is 6.82. The zero-order valence-corrected chi connectivity index (χ0v) is 13.3. The topological polar surface area (TPSA) is 103 Å². The maximum Gasteiger partial charge on any atom is 0.223 e. The van der Waals surface area contributed by atoms with Gasteiger partial charge >= 0.3 is 0 Å². The second-order valence-electron chi connectivity index (χ2n) is 3.99. The molecular weight excluding hydrogens is 362 g/mol. The van der Waals surface area contributed by atoms with Crippen molar-refractivity contribution in [3.8, 4) is 0 Å². The molecule has 0 aliphatic rings. The molecule has 1 rings (SSSR count). The first kappa shape index (κ1) is 15.0. The normalized spacial score (nSPS) is 11.7. The van der Waals surface area contributed by atoms with Crippen molar-refractivity contribution >= 4 is 49.5 Å². The maximum atomic E-state index is 5.60. The Kier molecular flexibility index (Phi) is 5.15. The number of hydrogen-bond acceptors (Lipinski definition) is 1. The fourth-order valence-corrected chi connectivity index (χ4v) is 2.70. The summed E-state index contributed by atoms with van der Waals surface area (Å²) in [5.41, 5.74) is 17.9. The highest BCUT2D eigenvalue weighted by Gasteiger charge is 2.09. The molecule has 0 heterocycles. The highest BCUT2D eigenvalue weighted by molar-refractivity contribution is 9.11. The Bertz CT molecular complexity index is 481. The first-order chi connectivity index (χ1) is 8.31. The lowest BCUT2D eigenvalue weighted by molar-refractivity contribution is 0.864. The Balaban J connectivity index is 3.23. The van der Waals surface area contributed by atoms with E-state index in [4.69, 9.17) is 17.2 Å². The summed E-state index contributed by atoms with van der Waals surface area (Å²) in [5, 5.41) is 0. The molecule has 0 amide bonds. The molecule has 18 heavy (non-hydrogen) atoms. The van der Waals surface area contributed by atoms with Crippen LogP contribution < -0.4 is 17.2 Å². The fraction of sp³-hybridized carbons (Fsp3) is 0.273. The van der Waals surface area contributed by atoms with Gasteiger partial charge in [-0.05, 0) is 55.5 Å². The van der Waals surface area contributed by atoms with Gasteiger partial charge in [-0.2, -0.15) is 4.99 Å². The van der Waals surface area contributed by atoms with E-state index in [1.165, 1.54) is 5.56 Å². The molecular formula is C11H15Br2N5. The van der Waals surface area contributed by atoms with Crippen LogP contribution in [0.5, 0.6) is 0 Å². The van der Waals surface area contributed by atoms with E-state index in [1.807, 2.05) is 12.1 Å². The summed E-state index contributed by atoms with van der Waals surface area (Å²) < 4.78 is 1.66. The van der Waals surface area contributed by atoms with E-state index in [0.717, 1.165) is 8.95 Å². The highest BCUT2D eigenvalue weighted by atomic mass is 79.9. The van der Waals surface area contributed by atoms with Gasteiger partial charge in [0.25, 0.3) is 0 Å². The van der Waals surface area contributed by atoms with Crippen LogP contribution in [0.25, 0.3) is 0 Å². The number of hydrogen-bond donors (Lipinski definition) is 3. The molecule has 7 heteroatoms. The van der Waals surface area contributed by atoms with Gasteiger partial charge in [-0.1, -0.05) is 13.8 Å². The average molecular weight is 377 g/mol. The molecule has 0 aliphatic heterocycles. The molecule has 0 saturated carbocycles. The zero-order valence-electron chi connectivity index (χ0n) is 10.1. The van der Waals surface area contributed by atoms with Crippen molar-refractivity contribution < 1.29 is 0 Å². The molecule has 98 valence electrons. The van der Waals surface area contributed by atoms with Gasteiger partial charge in [-0.15, -0.1) is 0 Å². The molecule has 0 atom stereocenters. The molecule has 0 aliphatic carbocycles. The van der Waals surface area contributed by atoms with Crippen LogP contribution in [0.3, 0.4) is 0 Å². The molecule has 0 unspecified atom stereocenters. The monoisotopic (exact) mass is 375 g/mol. The molecule has 0 aromatic heterocycles. The molecule has 0 spiro atoms. The van der Waals surface area contributed by atoms with Crippen LogP contribution in [0.4, 0.5) is 5.69 Å². The summed E-state index contributed by atoms with van der Waals surface area (Å²) in [5.74, 6) is 0.307. The van der Waals surface area contributed by atoms with Crippen molar-refractivity contribution in [2.24, 2.45) is 27.2 Å². The minimum atomic E-state index is -0.123. The van der Waals surface area contributed by atoms with E-state index in [9.17, 15) is 0 Å². The molecule has 0 saturated heterocycles. The summed E-state index contributed by atoms with van der Waals surface area (Å²) in [6.07, 6.45) is 0. The second kappa shape index (κ2) is 6.19. The standard InChI is InChI=1S/C11H15Br2N5/c1-5(2)6-3-7(12)9(8(13)4-6)17-11(16)18-10(14)15/h3-5H,1-2H3,(H6,14,15,16,17,18). The van der Waals surface area contributed by atoms with Crippen molar-refractivity contribution in [1.82, 2.24) is 0 Å². The largest absolute Gasteiger partial charge is 0.370 e. The van der Waals surface area contributed by atoms with Crippen LogP contribution in [-0.2, 0) is 0 Å². The van der Waals surface area contributed by atoms with Crippen LogP contribution in [0.1, 0.15) is 25.3 Å². The van der Waals surface area contributed by atoms with Gasteiger partial charge in [0.2, 0.25) is 5.96 Å². The van der Waals surface area contributed by atoms with Gasteiger partial charge in [0, 0.05) is 8.95 Å². The van der Waals surface area contributed by atoms with Crippen LogP contribution in [0, 0.1) is 0 Å². The van der Waals surface area contributed by atoms with Gasteiger partial charge in [0.1, 0.15) is 0 Å². The molecule has 0 bridgehead atoms. The number of benzene rings is 1. The maximum absolute atomic E-state index is 5.60. The number of halogens is 2. The highest BCUT2D eigenvalue weighted by Crippen LogP contribution is 2.36. The molecule has 6 N–H and O–H groups in total. The van der Waals surface area contributed by atoms with Gasteiger partial charge in [-0.3, -0.25) is 0 Å². The molecule has 1 aromatic rings. The second-order valence-corrected chi connectivity index (χ2v) is 5.70. The van der Waals surface area contributed by atoms with Crippen molar-refractivity contribution in [2.45, 2.75) is 19.8 Å². The van der Waals surface area contributed by atoms with E-state index < -0.39 is 0 Å². The van der Waals surface area contributed by atoms with E-state index in [0.29, 0.717) is 11.6 Å². The smallest absolute Gasteiger partial charge is 0.223 e. The number of aliphatic imine (C=N–C) groups is 2. The third kappa shape index (κ3) is 3.99. The quantitative estimate of drug-likeness (QED) is 0.545. The van der Waals surface area contributed by atoms with Crippen LogP contribution in [0.2, 0.25) is 0 Å². The molecule has 0 radical (unpaired) electrons. The predicted molar refractivity (Wildman–Crippen MR) is 83.0 cm³/mol. The van der Waals surface area contributed by atoms with Gasteiger partial charge in [-0.25, -0.2) is 4.99 Å². The Labute approximate surface area is 123 Å². The Morgan fingerprint density at radius 3 is 2.00 bits per heavy atom. The van der Waals surface area contributed by atoms with E-state index in [1.54, 1.807) is 0 Å². The number of nitrogens with zero attached hydrogens (tertiary/aromatic N) is 2. The van der Waals surface area contributed by atoms with Crippen molar-refractivity contribution in [3.63, 3.8) is 0 Å². The lowest BCUT2D eigenvalue weighted by Gasteiger charge is -2.10. The summed E-state index contributed by atoms with van der Waals surface area (Å²) in [6, 6.07) is 3.99. The Hall–Kier alpha value is -1.08. The number of rotatable bonds is 2. The van der Waals surface area contributed by atoms with Gasteiger partial charge in [0.05, 0.1) is 5.69 Å². The van der Waals surface area contributed by atoms with E-state index >= 15 is 0 Å². The van der Waals surface area contributed by atoms with Crippen LogP contribution in [0.15, 0.2) is 31.1 Å². The third-order valence-electron chi connectivity index (χ3n) is 2.18. The van der Waals surface area contributed by atoms with Crippen LogP contribution in [-0.4, -0.2) is 11.9 Å². The third-order valence-corrected chi connectivity index (χ3v) is 3.38. The Morgan fingerprint density at radius 2 is 1.61 bits per heavy atom. The SMILES string of the molecule is CC(C)c1cc(Br)c(N=C(N)N=C(N)N)c(Br)c1. The fourth-order valence-electron chi connectivity index (χ4n) is 1.30. The Morgan fingerprint density at radius 1 is 1.11 bits per heavy atom. The van der Waals surface area contributed by atoms with Crippen molar-refractivity contribution in [2.75, 3.05) is 0 Å². The summed E-state index contributed by atoms with van der Waals surface area (Å²) in [6.45, 7) is 4.23. The van der Waals surface area contributed by atoms with E-state index in [2.05, 4.69) is 55.7 Å². The number of guanidine groups is 2. The number of nitrogens with two attached hydrogens (primary N) is 3. The first-order valence-electron chi connectivity index (χ1n) is 5.24. The average Bonchev–Trinajstić information content (AvgIpc) is 2.21. The minimum absolute atomic E-state index is 0.00805. The predicted octanol–water partition coefficient (Wildman–Crippen LogP) is 2.55. The van der Waals surface area contributed by atoms with Crippen LogP contribution >= 0.6 is 31.9 Å². The lowest BCUT2D eigenvalue weighted by Crippen LogP contribution is -2.26. The van der Waals surface area contributed by atoms with E-state index in [-0.39, 0.29) is 11.9 Å². The van der Waals surface area contributed by atoms with Gasteiger partial charge in [0.15, 0.2) is 5.96 Å². The zero-order chi connectivity index (χ0) is 13.9.